The first-order valence-corrected chi connectivity index (χ1v) is 6.18. The minimum atomic E-state index is -0.469. The van der Waals surface area contributed by atoms with Gasteiger partial charge < -0.3 is 10.4 Å². The SMILES string of the molecule is C=CC(C)NCC1(O)CCC(CC)CC1. The third-order valence-corrected chi connectivity index (χ3v) is 3.72. The first kappa shape index (κ1) is 12.7. The van der Waals surface area contributed by atoms with Crippen LogP contribution in [0.5, 0.6) is 0 Å². The van der Waals surface area contributed by atoms with Gasteiger partial charge in [-0.15, -0.1) is 6.58 Å². The van der Waals surface area contributed by atoms with E-state index in [1.807, 2.05) is 6.08 Å². The molecule has 1 unspecified atom stereocenters. The molecule has 2 N–H and O–H groups in total. The molecule has 0 spiro atoms. The highest BCUT2D eigenvalue weighted by atomic mass is 16.3. The second-order valence-corrected chi connectivity index (χ2v) is 4.98. The molecule has 1 rings (SSSR count). The Kier molecular flexibility index (Phi) is 4.81. The van der Waals surface area contributed by atoms with Crippen LogP contribution in [0.15, 0.2) is 12.7 Å². The van der Waals surface area contributed by atoms with Crippen LogP contribution < -0.4 is 5.32 Å². The van der Waals surface area contributed by atoms with Gasteiger partial charge in [-0.1, -0.05) is 19.4 Å². The molecular weight excluding hydrogens is 186 g/mol. The molecule has 1 aliphatic rings. The molecule has 0 heterocycles. The average Bonchev–Trinajstić information content (AvgIpc) is 2.27. The smallest absolute Gasteiger partial charge is 0.0772 e. The predicted octanol–water partition coefficient (Wildman–Crippen LogP) is 2.48. The standard InChI is InChI=1S/C13H25NO/c1-4-11(3)14-10-13(15)8-6-12(5-2)7-9-13/h4,11-12,14-15H,1,5-10H2,2-3H3. The Labute approximate surface area is 93.8 Å². The molecule has 0 saturated heterocycles. The van der Waals surface area contributed by atoms with Gasteiger partial charge in [-0.2, -0.15) is 0 Å². The average molecular weight is 211 g/mol. The van der Waals surface area contributed by atoms with Crippen molar-refractivity contribution in [2.24, 2.45) is 5.92 Å². The predicted molar refractivity (Wildman–Crippen MR) is 64.9 cm³/mol. The van der Waals surface area contributed by atoms with Crippen molar-refractivity contribution < 1.29 is 5.11 Å². The van der Waals surface area contributed by atoms with Crippen LogP contribution in [0.25, 0.3) is 0 Å². The van der Waals surface area contributed by atoms with Gasteiger partial charge in [-0.3, -0.25) is 0 Å². The fourth-order valence-electron chi connectivity index (χ4n) is 2.23. The van der Waals surface area contributed by atoms with Gasteiger partial charge in [0.15, 0.2) is 0 Å². The molecule has 0 aliphatic heterocycles. The lowest BCUT2D eigenvalue weighted by Gasteiger charge is -2.36. The van der Waals surface area contributed by atoms with Crippen molar-refractivity contribution >= 4 is 0 Å². The van der Waals surface area contributed by atoms with E-state index in [-0.39, 0.29) is 6.04 Å². The molecule has 1 aliphatic carbocycles. The van der Waals surface area contributed by atoms with E-state index in [9.17, 15) is 5.11 Å². The van der Waals surface area contributed by atoms with Crippen LogP contribution in [0.4, 0.5) is 0 Å². The van der Waals surface area contributed by atoms with Gasteiger partial charge in [-0.25, -0.2) is 0 Å². The van der Waals surface area contributed by atoms with Crippen molar-refractivity contribution in [3.63, 3.8) is 0 Å². The van der Waals surface area contributed by atoms with Gasteiger partial charge in [-0.05, 0) is 38.5 Å². The van der Waals surface area contributed by atoms with Crippen LogP contribution in [0.1, 0.15) is 46.0 Å². The molecule has 1 fully saturated rings. The summed E-state index contributed by atoms with van der Waals surface area (Å²) < 4.78 is 0. The number of hydrogen-bond acceptors (Lipinski definition) is 2. The normalized spacial score (nSPS) is 33.7. The topological polar surface area (TPSA) is 32.3 Å². The van der Waals surface area contributed by atoms with Crippen molar-refractivity contribution in [2.75, 3.05) is 6.54 Å². The summed E-state index contributed by atoms with van der Waals surface area (Å²) in [5.74, 6) is 0.835. The third-order valence-electron chi connectivity index (χ3n) is 3.72. The molecule has 0 bridgehead atoms. The summed E-state index contributed by atoms with van der Waals surface area (Å²) >= 11 is 0. The van der Waals surface area contributed by atoms with E-state index >= 15 is 0 Å². The van der Waals surface area contributed by atoms with Crippen LogP contribution in [0, 0.1) is 5.92 Å². The largest absolute Gasteiger partial charge is 0.389 e. The monoisotopic (exact) mass is 211 g/mol. The Morgan fingerprint density at radius 3 is 2.60 bits per heavy atom. The fraction of sp³-hybridized carbons (Fsp3) is 0.846. The molecule has 0 radical (unpaired) electrons. The highest BCUT2D eigenvalue weighted by molar-refractivity contribution is 4.90. The van der Waals surface area contributed by atoms with Crippen molar-refractivity contribution in [3.8, 4) is 0 Å². The second kappa shape index (κ2) is 5.66. The maximum Gasteiger partial charge on any atom is 0.0772 e. The van der Waals surface area contributed by atoms with Crippen LogP contribution in [-0.2, 0) is 0 Å². The fourth-order valence-corrected chi connectivity index (χ4v) is 2.23. The Morgan fingerprint density at radius 1 is 1.53 bits per heavy atom. The zero-order valence-corrected chi connectivity index (χ0v) is 10.1. The zero-order chi connectivity index (χ0) is 11.3. The van der Waals surface area contributed by atoms with E-state index in [2.05, 4.69) is 25.7 Å². The number of nitrogens with one attached hydrogen (secondary N) is 1. The molecule has 0 aromatic heterocycles. The Morgan fingerprint density at radius 2 is 2.13 bits per heavy atom. The molecule has 2 heteroatoms. The van der Waals surface area contributed by atoms with Crippen LogP contribution in [0.3, 0.4) is 0 Å². The van der Waals surface area contributed by atoms with E-state index in [1.54, 1.807) is 0 Å². The molecule has 15 heavy (non-hydrogen) atoms. The maximum atomic E-state index is 10.3. The van der Waals surface area contributed by atoms with Gasteiger partial charge in [0.2, 0.25) is 0 Å². The van der Waals surface area contributed by atoms with E-state index in [4.69, 9.17) is 0 Å². The minimum Gasteiger partial charge on any atom is -0.389 e. The summed E-state index contributed by atoms with van der Waals surface area (Å²) in [6.07, 6.45) is 7.38. The van der Waals surface area contributed by atoms with Gasteiger partial charge in [0.05, 0.1) is 5.60 Å². The molecule has 0 aromatic carbocycles. The number of rotatable bonds is 5. The van der Waals surface area contributed by atoms with Crippen LogP contribution in [0.2, 0.25) is 0 Å². The quantitative estimate of drug-likeness (QED) is 0.685. The summed E-state index contributed by atoms with van der Waals surface area (Å²) in [7, 11) is 0. The molecule has 1 saturated carbocycles. The Hall–Kier alpha value is -0.340. The molecule has 0 amide bonds. The first-order valence-electron chi connectivity index (χ1n) is 6.18. The lowest BCUT2D eigenvalue weighted by molar-refractivity contribution is -0.00938. The zero-order valence-electron chi connectivity index (χ0n) is 10.1. The van der Waals surface area contributed by atoms with E-state index < -0.39 is 5.60 Å². The summed E-state index contributed by atoms with van der Waals surface area (Å²) in [6.45, 7) is 8.74. The lowest BCUT2D eigenvalue weighted by atomic mass is 9.78. The maximum absolute atomic E-state index is 10.3. The van der Waals surface area contributed by atoms with Gasteiger partial charge in [0.25, 0.3) is 0 Å². The van der Waals surface area contributed by atoms with Crippen LogP contribution in [-0.4, -0.2) is 23.3 Å². The lowest BCUT2D eigenvalue weighted by Crippen LogP contribution is -2.45. The summed E-state index contributed by atoms with van der Waals surface area (Å²) in [5.41, 5.74) is -0.469. The minimum absolute atomic E-state index is 0.290. The molecule has 1 atom stereocenters. The first-order chi connectivity index (χ1) is 7.09. The van der Waals surface area contributed by atoms with E-state index in [1.165, 1.54) is 19.3 Å². The summed E-state index contributed by atoms with van der Waals surface area (Å²) in [4.78, 5) is 0. The second-order valence-electron chi connectivity index (χ2n) is 4.98. The number of aliphatic hydroxyl groups is 1. The van der Waals surface area contributed by atoms with Crippen molar-refractivity contribution in [2.45, 2.75) is 57.6 Å². The Bertz CT molecular complexity index is 195. The van der Waals surface area contributed by atoms with E-state index in [0.717, 1.165) is 18.8 Å². The van der Waals surface area contributed by atoms with Crippen molar-refractivity contribution in [1.29, 1.82) is 0 Å². The van der Waals surface area contributed by atoms with Gasteiger partial charge >= 0.3 is 0 Å². The summed E-state index contributed by atoms with van der Waals surface area (Å²) in [5, 5.41) is 13.6. The van der Waals surface area contributed by atoms with Gasteiger partial charge in [0.1, 0.15) is 0 Å². The molecular formula is C13H25NO. The highest BCUT2D eigenvalue weighted by Crippen LogP contribution is 2.33. The van der Waals surface area contributed by atoms with E-state index in [0.29, 0.717) is 6.54 Å². The van der Waals surface area contributed by atoms with Crippen molar-refractivity contribution in [3.05, 3.63) is 12.7 Å². The Balaban J connectivity index is 2.31. The van der Waals surface area contributed by atoms with Crippen molar-refractivity contribution in [1.82, 2.24) is 5.32 Å². The highest BCUT2D eigenvalue weighted by Gasteiger charge is 2.32. The third kappa shape index (κ3) is 3.96. The summed E-state index contributed by atoms with van der Waals surface area (Å²) in [6, 6.07) is 0.290. The van der Waals surface area contributed by atoms with Crippen LogP contribution >= 0.6 is 0 Å². The molecule has 2 nitrogen and oxygen atoms in total. The molecule has 0 aromatic rings. The molecule has 88 valence electrons. The number of hydrogen-bond donors (Lipinski definition) is 2. The van der Waals surface area contributed by atoms with Gasteiger partial charge in [0, 0.05) is 12.6 Å².